The summed E-state index contributed by atoms with van der Waals surface area (Å²) in [6.07, 6.45) is 2.76. The van der Waals surface area contributed by atoms with Crippen LogP contribution < -0.4 is 15.5 Å². The first-order valence-corrected chi connectivity index (χ1v) is 12.8. The molecule has 1 aliphatic rings. The van der Waals surface area contributed by atoms with Crippen molar-refractivity contribution in [3.63, 3.8) is 0 Å². The van der Waals surface area contributed by atoms with Crippen LogP contribution in [-0.4, -0.2) is 72.2 Å². The number of piperazine rings is 1. The summed E-state index contributed by atoms with van der Waals surface area (Å²) in [6, 6.07) is 13.8. The van der Waals surface area contributed by atoms with Gasteiger partial charge in [-0.2, -0.15) is 0 Å². The van der Waals surface area contributed by atoms with Crippen molar-refractivity contribution >= 4 is 40.0 Å². The maximum Gasteiger partial charge on any atom is 0.248 e. The van der Waals surface area contributed by atoms with Gasteiger partial charge < -0.3 is 20.3 Å². The molecule has 1 fully saturated rings. The number of carbonyl (C=O) groups excluding carboxylic acids is 1. The summed E-state index contributed by atoms with van der Waals surface area (Å²) in [6.45, 7) is 7.58. The monoisotopic (exact) mass is 545 g/mol. The number of fused-ring (bicyclic) bond motifs is 1. The van der Waals surface area contributed by atoms with Crippen LogP contribution in [0.3, 0.4) is 0 Å². The van der Waals surface area contributed by atoms with Crippen molar-refractivity contribution in [2.45, 2.75) is 0 Å². The van der Waals surface area contributed by atoms with Gasteiger partial charge in [-0.25, -0.2) is 23.7 Å². The van der Waals surface area contributed by atoms with Crippen molar-refractivity contribution in [2.24, 2.45) is 0 Å². The number of benzene rings is 2. The average molecular weight is 546 g/mol. The Labute approximate surface area is 230 Å². The minimum Gasteiger partial charge on any atom is -0.383 e. The van der Waals surface area contributed by atoms with Crippen molar-refractivity contribution in [3.8, 4) is 11.3 Å². The lowest BCUT2D eigenvalue weighted by Gasteiger charge is -2.36. The molecule has 2 aromatic heterocycles. The molecule has 0 bridgehead atoms. The molecule has 2 N–H and O–H groups in total. The van der Waals surface area contributed by atoms with E-state index in [0.717, 1.165) is 31.1 Å². The molecule has 0 atom stereocenters. The number of hydrogen-bond acceptors (Lipinski definition) is 8. The van der Waals surface area contributed by atoms with Gasteiger partial charge in [-0.05, 0) is 30.3 Å². The normalized spacial score (nSPS) is 13.8. The van der Waals surface area contributed by atoms with Crippen molar-refractivity contribution in [1.29, 1.82) is 0 Å². The van der Waals surface area contributed by atoms with Crippen LogP contribution in [0.25, 0.3) is 22.2 Å². The molecule has 0 spiro atoms. The molecule has 0 radical (unpaired) electrons. The van der Waals surface area contributed by atoms with Gasteiger partial charge in [0.15, 0.2) is 11.6 Å². The minimum atomic E-state index is -0.997. The van der Waals surface area contributed by atoms with E-state index >= 15 is 8.78 Å². The zero-order valence-electron chi connectivity index (χ0n) is 22.0. The van der Waals surface area contributed by atoms with E-state index < -0.39 is 11.6 Å². The zero-order valence-corrected chi connectivity index (χ0v) is 22.0. The molecule has 0 saturated carbocycles. The van der Waals surface area contributed by atoms with Crippen LogP contribution in [0.2, 0.25) is 0 Å². The van der Waals surface area contributed by atoms with Gasteiger partial charge in [0, 0.05) is 57.0 Å². The topological polar surface area (TPSA) is 95.5 Å². The van der Waals surface area contributed by atoms with Crippen LogP contribution in [0, 0.1) is 11.6 Å². The molecule has 4 aromatic rings. The third kappa shape index (κ3) is 5.90. The van der Waals surface area contributed by atoms with Gasteiger partial charge in [-0.3, -0.25) is 9.69 Å². The van der Waals surface area contributed by atoms with E-state index in [4.69, 9.17) is 4.74 Å². The summed E-state index contributed by atoms with van der Waals surface area (Å²) in [4.78, 5) is 29.2. The summed E-state index contributed by atoms with van der Waals surface area (Å²) in [7, 11) is 1.66. The first kappa shape index (κ1) is 27.1. The van der Waals surface area contributed by atoms with E-state index in [2.05, 4.69) is 37.1 Å². The van der Waals surface area contributed by atoms with Crippen molar-refractivity contribution in [1.82, 2.24) is 19.9 Å². The smallest absolute Gasteiger partial charge is 0.248 e. The van der Waals surface area contributed by atoms with E-state index in [9.17, 15) is 4.79 Å². The number of halogens is 2. The molecule has 9 nitrogen and oxygen atoms in total. The second-order valence-electron chi connectivity index (χ2n) is 9.25. The van der Waals surface area contributed by atoms with Gasteiger partial charge in [0.2, 0.25) is 11.9 Å². The largest absolute Gasteiger partial charge is 0.383 e. The SMILES string of the molecule is C=CC(=O)Nc1cccc(-c2cccc3cnc(Nc4ccc(N5CCN(CCOC)CC5)c(F)c4F)nc23)n1. The fraction of sp³-hybridized carbons (Fsp3) is 0.241. The quantitative estimate of drug-likeness (QED) is 0.295. The van der Waals surface area contributed by atoms with Crippen molar-refractivity contribution < 1.29 is 18.3 Å². The van der Waals surface area contributed by atoms with Crippen LogP contribution in [0.5, 0.6) is 0 Å². The number of ether oxygens (including phenoxy) is 1. The Kier molecular flexibility index (Phi) is 8.23. The molecule has 1 amide bonds. The summed E-state index contributed by atoms with van der Waals surface area (Å²) in [5, 5.41) is 6.20. The first-order valence-electron chi connectivity index (χ1n) is 12.8. The zero-order chi connectivity index (χ0) is 28.1. The van der Waals surface area contributed by atoms with Crippen LogP contribution in [0.15, 0.2) is 67.4 Å². The lowest BCUT2D eigenvalue weighted by molar-refractivity contribution is -0.111. The van der Waals surface area contributed by atoms with Gasteiger partial charge >= 0.3 is 0 Å². The fourth-order valence-corrected chi connectivity index (χ4v) is 4.59. The number of carbonyl (C=O) groups is 1. The van der Waals surface area contributed by atoms with Gasteiger partial charge in [-0.15, -0.1) is 0 Å². The number of amides is 1. The van der Waals surface area contributed by atoms with Crippen LogP contribution >= 0.6 is 0 Å². The highest BCUT2D eigenvalue weighted by molar-refractivity contribution is 5.98. The molecule has 40 heavy (non-hydrogen) atoms. The Morgan fingerprint density at radius 2 is 1.85 bits per heavy atom. The highest BCUT2D eigenvalue weighted by atomic mass is 19.2. The molecule has 5 rings (SSSR count). The second kappa shape index (κ2) is 12.1. The maximum atomic E-state index is 15.2. The molecule has 0 aliphatic carbocycles. The van der Waals surface area contributed by atoms with Crippen molar-refractivity contribution in [3.05, 3.63) is 79.0 Å². The Morgan fingerprint density at radius 1 is 1.05 bits per heavy atom. The van der Waals surface area contributed by atoms with E-state index in [0.29, 0.717) is 42.3 Å². The van der Waals surface area contributed by atoms with Crippen LogP contribution in [-0.2, 0) is 9.53 Å². The Morgan fingerprint density at radius 3 is 2.62 bits per heavy atom. The third-order valence-corrected chi connectivity index (χ3v) is 6.71. The molecule has 206 valence electrons. The van der Waals surface area contributed by atoms with E-state index in [-0.39, 0.29) is 23.2 Å². The van der Waals surface area contributed by atoms with Gasteiger partial charge in [0.25, 0.3) is 0 Å². The number of aromatic nitrogens is 3. The lowest BCUT2D eigenvalue weighted by Crippen LogP contribution is -2.47. The predicted octanol–water partition coefficient (Wildman–Crippen LogP) is 4.61. The Bertz CT molecular complexity index is 1540. The van der Waals surface area contributed by atoms with E-state index in [1.165, 1.54) is 6.07 Å². The molecule has 11 heteroatoms. The average Bonchev–Trinajstić information content (AvgIpc) is 2.98. The molecule has 3 heterocycles. The Balaban J connectivity index is 1.38. The van der Waals surface area contributed by atoms with Crippen molar-refractivity contribution in [2.75, 3.05) is 62.0 Å². The number of rotatable bonds is 9. The van der Waals surface area contributed by atoms with Gasteiger partial charge in [0.1, 0.15) is 5.82 Å². The maximum absolute atomic E-state index is 15.2. The predicted molar refractivity (Wildman–Crippen MR) is 152 cm³/mol. The Hall–Kier alpha value is -4.48. The number of nitrogens with zero attached hydrogens (tertiary/aromatic N) is 5. The molecule has 0 unspecified atom stereocenters. The van der Waals surface area contributed by atoms with Crippen LogP contribution in [0.1, 0.15) is 0 Å². The van der Waals surface area contributed by atoms with E-state index in [1.54, 1.807) is 37.6 Å². The number of methoxy groups -OCH3 is 1. The number of nitrogens with one attached hydrogen (secondary N) is 2. The standard InChI is InChI=1S/C29H29F2N7O2/c1-3-25(39)35-24-9-5-8-21(33-24)20-7-4-6-19-18-32-29(36-28(19)20)34-22-10-11-23(27(31)26(22)30)38-14-12-37(13-15-38)16-17-40-2/h3-11,18H,1,12-17H2,2H3,(H,32,34,36)(H,33,35,39). The third-order valence-electron chi connectivity index (χ3n) is 6.71. The lowest BCUT2D eigenvalue weighted by atomic mass is 10.1. The summed E-state index contributed by atoms with van der Waals surface area (Å²) < 4.78 is 35.5. The molecule has 1 aliphatic heterocycles. The number of para-hydroxylation sites is 1. The minimum absolute atomic E-state index is 0.0657. The summed E-state index contributed by atoms with van der Waals surface area (Å²) in [5.41, 5.74) is 1.98. The second-order valence-corrected chi connectivity index (χ2v) is 9.25. The van der Waals surface area contributed by atoms with Crippen LogP contribution in [0.4, 0.5) is 31.9 Å². The molecular weight excluding hydrogens is 516 g/mol. The number of anilines is 4. The highest BCUT2D eigenvalue weighted by Crippen LogP contribution is 2.31. The highest BCUT2D eigenvalue weighted by Gasteiger charge is 2.23. The summed E-state index contributed by atoms with van der Waals surface area (Å²) in [5.74, 6) is -1.82. The number of hydrogen-bond donors (Lipinski definition) is 2. The number of pyridine rings is 1. The van der Waals surface area contributed by atoms with Gasteiger partial charge in [0.05, 0.1) is 29.2 Å². The van der Waals surface area contributed by atoms with E-state index in [1.807, 2.05) is 23.1 Å². The molecule has 2 aromatic carbocycles. The molecule has 1 saturated heterocycles. The fourth-order valence-electron chi connectivity index (χ4n) is 4.59. The first-order chi connectivity index (χ1) is 19.5. The molecular formula is C29H29F2N7O2. The van der Waals surface area contributed by atoms with Gasteiger partial charge in [-0.1, -0.05) is 30.8 Å². The summed E-state index contributed by atoms with van der Waals surface area (Å²) >= 11 is 0.